The van der Waals surface area contributed by atoms with Crippen molar-refractivity contribution in [1.29, 1.82) is 0 Å². The van der Waals surface area contributed by atoms with Crippen LogP contribution in [0.4, 0.5) is 0 Å². The molecule has 1 heterocycles. The van der Waals surface area contributed by atoms with Gasteiger partial charge < -0.3 is 9.47 Å². The largest absolute Gasteiger partial charge is 0.454 e. The van der Waals surface area contributed by atoms with Gasteiger partial charge in [0.05, 0.1) is 0 Å². The average Bonchev–Trinajstić information content (AvgIpc) is 2.85. The van der Waals surface area contributed by atoms with Gasteiger partial charge in [0, 0.05) is 0 Å². The molecule has 2 heteroatoms. The van der Waals surface area contributed by atoms with Gasteiger partial charge in [-0.15, -0.1) is 0 Å². The van der Waals surface area contributed by atoms with Gasteiger partial charge in [-0.1, -0.05) is 48.6 Å². The maximum Gasteiger partial charge on any atom is 0.231 e. The third-order valence-corrected chi connectivity index (χ3v) is 2.66. The van der Waals surface area contributed by atoms with Crippen molar-refractivity contribution in [1.82, 2.24) is 0 Å². The van der Waals surface area contributed by atoms with Gasteiger partial charge in [-0.05, 0) is 23.3 Å². The first-order valence-corrected chi connectivity index (χ1v) is 5.54. The second-order valence-electron chi connectivity index (χ2n) is 3.86. The third-order valence-electron chi connectivity index (χ3n) is 2.66. The fourth-order valence-corrected chi connectivity index (χ4v) is 1.77. The van der Waals surface area contributed by atoms with Crippen molar-refractivity contribution in [2.45, 2.75) is 0 Å². The van der Waals surface area contributed by atoms with E-state index in [1.54, 1.807) is 0 Å². The highest BCUT2D eigenvalue weighted by Crippen LogP contribution is 2.32. The van der Waals surface area contributed by atoms with Crippen molar-refractivity contribution < 1.29 is 9.47 Å². The van der Waals surface area contributed by atoms with Crippen molar-refractivity contribution >= 4 is 12.2 Å². The fourth-order valence-electron chi connectivity index (χ4n) is 1.77. The normalized spacial score (nSPS) is 13.2. The highest BCUT2D eigenvalue weighted by atomic mass is 16.7. The second kappa shape index (κ2) is 4.34. The van der Waals surface area contributed by atoms with Crippen LogP contribution in [0.3, 0.4) is 0 Å². The zero-order valence-corrected chi connectivity index (χ0v) is 9.30. The molecular weight excluding hydrogens is 212 g/mol. The van der Waals surface area contributed by atoms with Crippen LogP contribution in [-0.4, -0.2) is 6.79 Å². The minimum atomic E-state index is 0.321. The van der Waals surface area contributed by atoms with Gasteiger partial charge in [-0.25, -0.2) is 0 Å². The van der Waals surface area contributed by atoms with Crippen molar-refractivity contribution in [2.75, 3.05) is 6.79 Å². The number of rotatable bonds is 2. The lowest BCUT2D eigenvalue weighted by Gasteiger charge is -1.97. The first-order valence-electron chi connectivity index (χ1n) is 5.54. The van der Waals surface area contributed by atoms with Crippen LogP contribution in [0, 0.1) is 0 Å². The molecule has 0 saturated carbocycles. The molecule has 0 unspecified atom stereocenters. The smallest absolute Gasteiger partial charge is 0.231 e. The van der Waals surface area contributed by atoms with Gasteiger partial charge in [0.1, 0.15) is 0 Å². The summed E-state index contributed by atoms with van der Waals surface area (Å²) in [6.07, 6.45) is 4.15. The highest BCUT2D eigenvalue weighted by molar-refractivity contribution is 5.71. The minimum absolute atomic E-state index is 0.321. The summed E-state index contributed by atoms with van der Waals surface area (Å²) in [5.74, 6) is 1.64. The number of hydrogen-bond donors (Lipinski definition) is 0. The van der Waals surface area contributed by atoms with Gasteiger partial charge >= 0.3 is 0 Å². The first-order chi connectivity index (χ1) is 8.42. The summed E-state index contributed by atoms with van der Waals surface area (Å²) in [7, 11) is 0. The summed E-state index contributed by atoms with van der Waals surface area (Å²) in [6.45, 7) is 0.321. The van der Waals surface area contributed by atoms with E-state index in [2.05, 4.69) is 24.3 Å². The van der Waals surface area contributed by atoms with Gasteiger partial charge in [0.25, 0.3) is 0 Å². The molecule has 0 amide bonds. The Bertz CT molecular complexity index is 544. The van der Waals surface area contributed by atoms with E-state index in [4.69, 9.17) is 9.47 Å². The molecule has 0 bridgehead atoms. The topological polar surface area (TPSA) is 18.5 Å². The van der Waals surface area contributed by atoms with E-state index in [0.29, 0.717) is 6.79 Å². The Morgan fingerprint density at radius 3 is 2.41 bits per heavy atom. The second-order valence-corrected chi connectivity index (χ2v) is 3.86. The summed E-state index contributed by atoms with van der Waals surface area (Å²) in [5, 5.41) is 0. The van der Waals surface area contributed by atoms with E-state index >= 15 is 0 Å². The molecule has 3 rings (SSSR count). The average molecular weight is 224 g/mol. The van der Waals surface area contributed by atoms with Crippen LogP contribution < -0.4 is 9.47 Å². The number of benzene rings is 2. The number of hydrogen-bond acceptors (Lipinski definition) is 2. The molecule has 1 aliphatic heterocycles. The highest BCUT2D eigenvalue weighted by Gasteiger charge is 2.11. The molecule has 84 valence electrons. The third kappa shape index (κ3) is 2.16. The molecule has 0 radical (unpaired) electrons. The Morgan fingerprint density at radius 1 is 0.765 bits per heavy atom. The molecule has 2 aromatic rings. The molecule has 0 spiro atoms. The Balaban J connectivity index is 1.84. The first kappa shape index (κ1) is 9.97. The van der Waals surface area contributed by atoms with Gasteiger partial charge in [-0.3, -0.25) is 0 Å². The quantitative estimate of drug-likeness (QED) is 0.726. The van der Waals surface area contributed by atoms with Crippen molar-refractivity contribution in [3.05, 3.63) is 59.7 Å². The molecule has 1 aliphatic rings. The molecule has 0 fully saturated rings. The van der Waals surface area contributed by atoms with Crippen LogP contribution in [0.1, 0.15) is 11.1 Å². The van der Waals surface area contributed by atoms with E-state index in [9.17, 15) is 0 Å². The van der Waals surface area contributed by atoms with Gasteiger partial charge in [-0.2, -0.15) is 0 Å². The molecule has 17 heavy (non-hydrogen) atoms. The standard InChI is InChI=1S/C15H12O2/c1-2-4-12(5-3-1)6-7-13-8-9-14-15(10-13)17-11-16-14/h1-10H,11H2/b7-6-. The summed E-state index contributed by atoms with van der Waals surface area (Å²) >= 11 is 0. The molecule has 0 aliphatic carbocycles. The lowest BCUT2D eigenvalue weighted by molar-refractivity contribution is 0.174. The molecule has 0 atom stereocenters. The van der Waals surface area contributed by atoms with E-state index in [-0.39, 0.29) is 0 Å². The maximum atomic E-state index is 5.34. The number of ether oxygens (including phenoxy) is 2. The van der Waals surface area contributed by atoms with E-state index < -0.39 is 0 Å². The van der Waals surface area contributed by atoms with E-state index in [1.807, 2.05) is 36.4 Å². The molecular formula is C15H12O2. The molecule has 2 nitrogen and oxygen atoms in total. The van der Waals surface area contributed by atoms with Crippen LogP contribution in [0.2, 0.25) is 0 Å². The Morgan fingerprint density at radius 2 is 1.53 bits per heavy atom. The Kier molecular flexibility index (Phi) is 2.54. The number of fused-ring (bicyclic) bond motifs is 1. The van der Waals surface area contributed by atoms with Crippen molar-refractivity contribution in [3.8, 4) is 11.5 Å². The van der Waals surface area contributed by atoms with E-state index in [0.717, 1.165) is 17.1 Å². The summed E-state index contributed by atoms with van der Waals surface area (Å²) in [4.78, 5) is 0. The lowest BCUT2D eigenvalue weighted by atomic mass is 10.1. The van der Waals surface area contributed by atoms with Gasteiger partial charge in [0.15, 0.2) is 11.5 Å². The van der Waals surface area contributed by atoms with E-state index in [1.165, 1.54) is 5.56 Å². The summed E-state index contributed by atoms with van der Waals surface area (Å²) < 4.78 is 10.6. The minimum Gasteiger partial charge on any atom is -0.454 e. The predicted octanol–water partition coefficient (Wildman–Crippen LogP) is 3.59. The fraction of sp³-hybridized carbons (Fsp3) is 0.0667. The Labute approximate surface area is 100 Å². The predicted molar refractivity (Wildman–Crippen MR) is 67.9 cm³/mol. The summed E-state index contributed by atoms with van der Waals surface area (Å²) in [6, 6.07) is 16.2. The summed E-state index contributed by atoms with van der Waals surface area (Å²) in [5.41, 5.74) is 2.29. The monoisotopic (exact) mass is 224 g/mol. The molecule has 0 aromatic heterocycles. The van der Waals surface area contributed by atoms with Gasteiger partial charge in [0.2, 0.25) is 6.79 Å². The SMILES string of the molecule is C(=C/c1ccc2c(c1)OCO2)/c1ccccc1. The zero-order chi connectivity index (χ0) is 11.5. The lowest BCUT2D eigenvalue weighted by Crippen LogP contribution is -1.92. The Hall–Kier alpha value is -2.22. The van der Waals surface area contributed by atoms with Crippen LogP contribution in [0.5, 0.6) is 11.5 Å². The molecule has 2 aromatic carbocycles. The van der Waals surface area contributed by atoms with Crippen LogP contribution in [-0.2, 0) is 0 Å². The zero-order valence-electron chi connectivity index (χ0n) is 9.30. The van der Waals surface area contributed by atoms with Crippen LogP contribution in [0.25, 0.3) is 12.2 Å². The van der Waals surface area contributed by atoms with Crippen LogP contribution >= 0.6 is 0 Å². The maximum absolute atomic E-state index is 5.34. The molecule has 0 N–H and O–H groups in total. The molecule has 0 saturated heterocycles. The van der Waals surface area contributed by atoms with Crippen LogP contribution in [0.15, 0.2) is 48.5 Å². The van der Waals surface area contributed by atoms with Crippen molar-refractivity contribution in [2.24, 2.45) is 0 Å². The van der Waals surface area contributed by atoms with Crippen molar-refractivity contribution in [3.63, 3.8) is 0 Å².